The monoisotopic (exact) mass is 854 g/mol. The second-order valence-electron chi connectivity index (χ2n) is 13.6. The zero-order valence-electron chi connectivity index (χ0n) is 33.3. The Morgan fingerprint density at radius 1 is 0.737 bits per heavy atom. The van der Waals surface area contributed by atoms with Gasteiger partial charge in [-0.1, -0.05) is 0 Å². The number of esters is 4. The number of thioether (sulfide) groups is 1. The van der Waals surface area contributed by atoms with E-state index < -0.39 is 121 Å². The number of nitrogens with one attached hydrogen (secondary N) is 4. The summed E-state index contributed by atoms with van der Waals surface area (Å²) in [6.45, 7) is 11.5. The van der Waals surface area contributed by atoms with E-state index in [0.29, 0.717) is 0 Å². The predicted octanol–water partition coefficient (Wildman–Crippen LogP) is -0.389. The molecule has 1 fully saturated rings. The molecular formula is C34H54N4O17S2. The van der Waals surface area contributed by atoms with Gasteiger partial charge in [-0.15, -0.1) is 0 Å². The van der Waals surface area contributed by atoms with Gasteiger partial charge in [0.25, 0.3) is 0 Å². The summed E-state index contributed by atoms with van der Waals surface area (Å²) in [5.74, 6) is -6.77. The van der Waals surface area contributed by atoms with Crippen molar-refractivity contribution in [1.82, 2.24) is 21.3 Å². The number of amides is 4. The molecule has 0 unspecified atom stereocenters. The fraction of sp³-hybridized carbons (Fsp3) is 0.735. The second kappa shape index (κ2) is 24.4. The highest BCUT2D eigenvalue weighted by molar-refractivity contribution is 7.99. The van der Waals surface area contributed by atoms with Crippen molar-refractivity contribution < 1.29 is 81.4 Å². The lowest BCUT2D eigenvalue weighted by Crippen LogP contribution is -2.63. The highest BCUT2D eigenvalue weighted by Gasteiger charge is 2.52. The van der Waals surface area contributed by atoms with E-state index in [2.05, 4.69) is 33.9 Å². The molecular weight excluding hydrogens is 801 g/mol. The molecule has 1 aliphatic rings. The first-order valence-electron chi connectivity index (χ1n) is 17.7. The summed E-state index contributed by atoms with van der Waals surface area (Å²) in [4.78, 5) is 110. The van der Waals surface area contributed by atoms with Crippen LogP contribution in [0.1, 0.15) is 68.7 Å². The van der Waals surface area contributed by atoms with Crippen molar-refractivity contribution in [3.63, 3.8) is 0 Å². The maximum Gasteiger partial charge on any atom is 0.408 e. The number of thiol groups is 1. The Labute approximate surface area is 339 Å². The molecule has 1 aliphatic heterocycles. The van der Waals surface area contributed by atoms with E-state index in [1.54, 1.807) is 20.8 Å². The van der Waals surface area contributed by atoms with Gasteiger partial charge in [-0.05, 0) is 46.8 Å². The molecule has 1 heterocycles. The SMILES string of the molecule is CC(=O)OC[C@H]1O[C@@H](OCCCSC[C@H](NC(=O)[C@H](C)NC(=O)OC(C)(C)C)C(=O)N[C@@H](C)C(=O)N[C@@H](CS)C(=O)O)[C@H](OC(C)=O)[C@@H](OC(C)=O)[C@H]1OC(C)=O. The van der Waals surface area contributed by atoms with Gasteiger partial charge in [-0.3, -0.25) is 33.6 Å². The van der Waals surface area contributed by atoms with Crippen LogP contribution in [0, 0.1) is 0 Å². The number of alkyl carbamates (subject to hydrolysis) is 1. The first kappa shape index (κ1) is 50.7. The largest absolute Gasteiger partial charge is 0.480 e. The van der Waals surface area contributed by atoms with Gasteiger partial charge in [-0.2, -0.15) is 24.4 Å². The lowest BCUT2D eigenvalue weighted by molar-refractivity contribution is -0.308. The van der Waals surface area contributed by atoms with Crippen LogP contribution in [-0.2, 0) is 71.5 Å². The second-order valence-corrected chi connectivity index (χ2v) is 15.1. The number of rotatable bonds is 21. The lowest BCUT2D eigenvalue weighted by atomic mass is 9.98. The normalized spacial score (nSPS) is 21.2. The van der Waals surface area contributed by atoms with Crippen molar-refractivity contribution in [1.29, 1.82) is 0 Å². The van der Waals surface area contributed by atoms with Crippen molar-refractivity contribution in [3.8, 4) is 0 Å². The Hall–Kier alpha value is -4.35. The third-order valence-corrected chi connectivity index (χ3v) is 8.77. The van der Waals surface area contributed by atoms with Crippen LogP contribution in [0.3, 0.4) is 0 Å². The summed E-state index contributed by atoms with van der Waals surface area (Å²) in [5.41, 5.74) is -0.848. The molecule has 0 spiro atoms. The molecule has 0 bridgehead atoms. The number of ether oxygens (including phenoxy) is 7. The summed E-state index contributed by atoms with van der Waals surface area (Å²) >= 11 is 5.08. The molecule has 9 atom stereocenters. The van der Waals surface area contributed by atoms with Gasteiger partial charge in [0.15, 0.2) is 24.6 Å². The molecule has 1 saturated heterocycles. The summed E-state index contributed by atoms with van der Waals surface area (Å²) in [5, 5.41) is 18.8. The molecule has 0 radical (unpaired) electrons. The van der Waals surface area contributed by atoms with E-state index in [1.807, 2.05) is 0 Å². The van der Waals surface area contributed by atoms with Crippen LogP contribution in [0.2, 0.25) is 0 Å². The quantitative estimate of drug-likeness (QED) is 0.0371. The number of carboxylic acid groups (broad SMARTS) is 1. The van der Waals surface area contributed by atoms with Gasteiger partial charge in [0.05, 0.1) is 6.61 Å². The van der Waals surface area contributed by atoms with E-state index in [0.717, 1.165) is 27.7 Å². The third kappa shape index (κ3) is 19.6. The van der Waals surface area contributed by atoms with Crippen LogP contribution in [0.5, 0.6) is 0 Å². The summed E-state index contributed by atoms with van der Waals surface area (Å²) in [7, 11) is 0. The van der Waals surface area contributed by atoms with Crippen LogP contribution in [0.15, 0.2) is 0 Å². The maximum atomic E-state index is 13.3. The van der Waals surface area contributed by atoms with Crippen LogP contribution in [0.25, 0.3) is 0 Å². The Morgan fingerprint density at radius 2 is 1.26 bits per heavy atom. The standard InChI is InChI=1S/C34H54N4O17S2/c1-16(28(43)37-22(14-56)31(46)47)35-30(45)23(38-29(44)17(2)36-33(48)55-34(7,8)9)15-57-12-10-11-49-32-27(53-21(6)42)26(52-20(5)41)25(51-19(4)40)24(54-32)13-50-18(3)39/h16-17,22-27,32,56H,10-15H2,1-9H3,(H,35,45)(H,36,48)(H,37,43)(H,38,44)(H,46,47)/t16-,17-,22-,23-,24+,25-,26-,27+,32+/m0/s1. The molecule has 0 aliphatic carbocycles. The van der Waals surface area contributed by atoms with Crippen molar-refractivity contribution in [2.24, 2.45) is 0 Å². The van der Waals surface area contributed by atoms with Gasteiger partial charge >= 0.3 is 35.9 Å². The molecule has 324 valence electrons. The van der Waals surface area contributed by atoms with Crippen LogP contribution < -0.4 is 21.3 Å². The molecule has 5 N–H and O–H groups in total. The smallest absolute Gasteiger partial charge is 0.408 e. The van der Waals surface area contributed by atoms with Crippen LogP contribution >= 0.6 is 24.4 Å². The molecule has 4 amide bonds. The van der Waals surface area contributed by atoms with Gasteiger partial charge in [0.2, 0.25) is 17.7 Å². The Morgan fingerprint density at radius 3 is 1.77 bits per heavy atom. The molecule has 21 nitrogen and oxygen atoms in total. The zero-order valence-corrected chi connectivity index (χ0v) is 35.0. The van der Waals surface area contributed by atoms with Crippen LogP contribution in [-0.4, -0.2) is 150 Å². The van der Waals surface area contributed by atoms with E-state index in [9.17, 15) is 48.3 Å². The van der Waals surface area contributed by atoms with E-state index in [1.165, 1.54) is 25.6 Å². The minimum absolute atomic E-state index is 0.0570. The molecule has 1 rings (SSSR count). The molecule has 0 aromatic carbocycles. The first-order chi connectivity index (χ1) is 26.4. The summed E-state index contributed by atoms with van der Waals surface area (Å²) < 4.78 is 38.1. The number of hydrogen-bond donors (Lipinski definition) is 6. The average molecular weight is 855 g/mol. The van der Waals surface area contributed by atoms with E-state index in [4.69, 9.17) is 33.2 Å². The lowest BCUT2D eigenvalue weighted by Gasteiger charge is -2.44. The minimum atomic E-state index is -1.42. The predicted molar refractivity (Wildman–Crippen MR) is 202 cm³/mol. The number of aliphatic carboxylic acids is 1. The number of hydrogen-bond acceptors (Lipinski definition) is 18. The van der Waals surface area contributed by atoms with Crippen molar-refractivity contribution in [2.45, 2.75) is 129 Å². The first-order valence-corrected chi connectivity index (χ1v) is 19.5. The zero-order chi connectivity index (χ0) is 43.6. The molecule has 0 aromatic rings. The van der Waals surface area contributed by atoms with Gasteiger partial charge in [-0.25, -0.2) is 9.59 Å². The van der Waals surface area contributed by atoms with Gasteiger partial charge in [0.1, 0.15) is 42.5 Å². The van der Waals surface area contributed by atoms with Gasteiger partial charge in [0, 0.05) is 39.2 Å². The molecule has 57 heavy (non-hydrogen) atoms. The van der Waals surface area contributed by atoms with E-state index in [-0.39, 0.29) is 30.3 Å². The van der Waals surface area contributed by atoms with Crippen molar-refractivity contribution >= 4 is 78.1 Å². The maximum absolute atomic E-state index is 13.3. The highest BCUT2D eigenvalue weighted by Crippen LogP contribution is 2.30. The van der Waals surface area contributed by atoms with E-state index >= 15 is 0 Å². The fourth-order valence-electron chi connectivity index (χ4n) is 4.78. The summed E-state index contributed by atoms with van der Waals surface area (Å²) in [6, 6.07) is -4.96. The average Bonchev–Trinajstić information content (AvgIpc) is 3.07. The minimum Gasteiger partial charge on any atom is -0.480 e. The Kier molecular flexibility index (Phi) is 21.7. The third-order valence-electron chi connectivity index (χ3n) is 7.26. The fourth-order valence-corrected chi connectivity index (χ4v) is 5.98. The van der Waals surface area contributed by atoms with Gasteiger partial charge < -0.3 is 59.5 Å². The topological polar surface area (TPSA) is 287 Å². The Balaban J connectivity index is 3.10. The molecule has 23 heteroatoms. The van der Waals surface area contributed by atoms with Crippen molar-refractivity contribution in [3.05, 3.63) is 0 Å². The Bertz CT molecular complexity index is 1440. The number of carbonyl (C=O) groups excluding carboxylic acids is 8. The van der Waals surface area contributed by atoms with Crippen molar-refractivity contribution in [2.75, 3.05) is 30.5 Å². The molecule has 0 aromatic heterocycles. The number of carbonyl (C=O) groups is 9. The summed E-state index contributed by atoms with van der Waals surface area (Å²) in [6.07, 6.45) is -7.43. The number of carboxylic acids is 1. The van der Waals surface area contributed by atoms with Crippen LogP contribution in [0.4, 0.5) is 4.79 Å². The molecule has 0 saturated carbocycles. The highest BCUT2D eigenvalue weighted by atomic mass is 32.2.